The predicted octanol–water partition coefficient (Wildman–Crippen LogP) is 2.63. The molecule has 1 N–H and O–H groups in total. The van der Waals surface area contributed by atoms with Crippen LogP contribution < -0.4 is 0 Å². The van der Waals surface area contributed by atoms with Crippen LogP contribution in [0.4, 0.5) is 0 Å². The number of rotatable bonds is 3. The lowest BCUT2D eigenvalue weighted by molar-refractivity contribution is -0.153. The monoisotopic (exact) mass is 246 g/mol. The summed E-state index contributed by atoms with van der Waals surface area (Å²) in [5, 5.41) is 9.89. The molecule has 0 aromatic heterocycles. The van der Waals surface area contributed by atoms with E-state index in [0.29, 0.717) is 5.56 Å². The summed E-state index contributed by atoms with van der Waals surface area (Å²) in [6, 6.07) is 5.67. The van der Waals surface area contributed by atoms with E-state index in [1.807, 2.05) is 12.1 Å². The molecule has 0 bridgehead atoms. The van der Waals surface area contributed by atoms with E-state index in [9.17, 15) is 9.90 Å². The van der Waals surface area contributed by atoms with Gasteiger partial charge in [-0.1, -0.05) is 24.3 Å². The number of carbonyl (C=O) groups is 1. The average molecular weight is 246 g/mol. The van der Waals surface area contributed by atoms with Gasteiger partial charge in [-0.05, 0) is 48.9 Å². The molecule has 0 saturated heterocycles. The number of aryl methyl sites for hydroxylation is 1. The van der Waals surface area contributed by atoms with Crippen LogP contribution in [-0.2, 0) is 16.0 Å². The lowest BCUT2D eigenvalue weighted by Crippen LogP contribution is -2.15. The summed E-state index contributed by atoms with van der Waals surface area (Å²) in [4.78, 5) is 11.5. The Kier molecular flexibility index (Phi) is 4.15. The zero-order chi connectivity index (χ0) is 13.0. The maximum Gasteiger partial charge on any atom is 0.339 e. The molecule has 0 spiro atoms. The Balaban J connectivity index is 2.24. The van der Waals surface area contributed by atoms with Gasteiger partial charge in [0.1, 0.15) is 0 Å². The minimum atomic E-state index is -1.19. The molecule has 2 rings (SSSR count). The molecule has 1 unspecified atom stereocenters. The minimum Gasteiger partial charge on any atom is -0.464 e. The Morgan fingerprint density at radius 3 is 3.11 bits per heavy atom. The van der Waals surface area contributed by atoms with E-state index in [1.165, 1.54) is 5.56 Å². The van der Waals surface area contributed by atoms with Gasteiger partial charge >= 0.3 is 5.97 Å². The second-order valence-electron chi connectivity index (χ2n) is 4.41. The summed E-state index contributed by atoms with van der Waals surface area (Å²) in [7, 11) is 0. The molecule has 0 heterocycles. The van der Waals surface area contributed by atoms with Crippen LogP contribution in [0.3, 0.4) is 0 Å². The molecule has 0 amide bonds. The van der Waals surface area contributed by atoms with E-state index >= 15 is 0 Å². The van der Waals surface area contributed by atoms with Crippen molar-refractivity contribution < 1.29 is 14.6 Å². The summed E-state index contributed by atoms with van der Waals surface area (Å²) >= 11 is 0. The zero-order valence-electron chi connectivity index (χ0n) is 10.6. The Morgan fingerprint density at radius 1 is 1.50 bits per heavy atom. The molecule has 0 fully saturated rings. The number of fused-ring (bicyclic) bond motifs is 1. The van der Waals surface area contributed by atoms with E-state index < -0.39 is 12.1 Å². The maximum absolute atomic E-state index is 11.5. The van der Waals surface area contributed by atoms with Gasteiger partial charge in [-0.2, -0.15) is 0 Å². The average Bonchev–Trinajstić information content (AvgIpc) is 2.62. The van der Waals surface area contributed by atoms with Crippen molar-refractivity contribution in [1.82, 2.24) is 0 Å². The Labute approximate surface area is 107 Å². The summed E-state index contributed by atoms with van der Waals surface area (Å²) in [5.41, 5.74) is 2.95. The van der Waals surface area contributed by atoms with Crippen molar-refractivity contribution in [3.8, 4) is 0 Å². The van der Waals surface area contributed by atoms with Gasteiger partial charge in [0.2, 0.25) is 0 Å². The van der Waals surface area contributed by atoms with Crippen LogP contribution in [0.2, 0.25) is 0 Å². The minimum absolute atomic E-state index is 0.279. The molecule has 1 atom stereocenters. The molecule has 96 valence electrons. The third-order valence-electron chi connectivity index (χ3n) is 3.11. The van der Waals surface area contributed by atoms with E-state index in [0.717, 1.165) is 24.8 Å². The molecule has 0 aliphatic heterocycles. The molecular weight excluding hydrogens is 228 g/mol. The number of hydrogen-bond donors (Lipinski definition) is 1. The molecule has 1 aromatic rings. The van der Waals surface area contributed by atoms with Crippen molar-refractivity contribution in [2.75, 3.05) is 6.61 Å². The topological polar surface area (TPSA) is 46.5 Å². The molecule has 1 aliphatic carbocycles. The number of esters is 1. The van der Waals surface area contributed by atoms with Crippen LogP contribution in [0.1, 0.15) is 42.6 Å². The maximum atomic E-state index is 11.5. The van der Waals surface area contributed by atoms with Crippen LogP contribution in [0.15, 0.2) is 24.3 Å². The molecule has 0 saturated carbocycles. The van der Waals surface area contributed by atoms with Crippen molar-refractivity contribution in [3.05, 3.63) is 41.0 Å². The van der Waals surface area contributed by atoms with Crippen molar-refractivity contribution in [2.45, 2.75) is 32.3 Å². The summed E-state index contributed by atoms with van der Waals surface area (Å²) in [6.45, 7) is 2.01. The number of carbonyl (C=O) groups excluding carboxylic acids is 1. The predicted molar refractivity (Wildman–Crippen MR) is 70.0 cm³/mol. The first-order valence-corrected chi connectivity index (χ1v) is 6.36. The highest BCUT2D eigenvalue weighted by Crippen LogP contribution is 2.23. The van der Waals surface area contributed by atoms with Gasteiger partial charge in [0, 0.05) is 0 Å². The number of aliphatic hydroxyl groups excluding tert-OH is 1. The van der Waals surface area contributed by atoms with E-state index in [1.54, 1.807) is 13.0 Å². The first-order chi connectivity index (χ1) is 8.72. The Bertz CT molecular complexity index is 463. The molecule has 1 aliphatic rings. The van der Waals surface area contributed by atoms with Crippen molar-refractivity contribution >= 4 is 12.0 Å². The van der Waals surface area contributed by atoms with Gasteiger partial charge in [0.15, 0.2) is 6.10 Å². The fraction of sp³-hybridized carbons (Fsp3) is 0.400. The highest BCUT2D eigenvalue weighted by Gasteiger charge is 2.19. The number of allylic oxidation sites excluding steroid dienone is 1. The quantitative estimate of drug-likeness (QED) is 0.834. The summed E-state index contributed by atoms with van der Waals surface area (Å²) in [5.74, 6) is -0.588. The van der Waals surface area contributed by atoms with Crippen LogP contribution in [-0.4, -0.2) is 17.7 Å². The number of hydrogen-bond acceptors (Lipinski definition) is 3. The van der Waals surface area contributed by atoms with Gasteiger partial charge in [-0.25, -0.2) is 4.79 Å². The van der Waals surface area contributed by atoms with Crippen molar-refractivity contribution in [1.29, 1.82) is 0 Å². The summed E-state index contributed by atoms with van der Waals surface area (Å²) < 4.78 is 4.82. The van der Waals surface area contributed by atoms with Crippen LogP contribution in [0.25, 0.3) is 6.08 Å². The molecule has 1 aromatic carbocycles. The zero-order valence-corrected chi connectivity index (χ0v) is 10.6. The van der Waals surface area contributed by atoms with E-state index in [4.69, 9.17) is 4.74 Å². The standard InChI is InChI=1S/C15H18O3/c1-2-18-15(17)14(16)13-9-8-11-6-4-3-5-7-12(11)10-13/h5,7-10,14,16H,2-4,6H2,1H3. The van der Waals surface area contributed by atoms with E-state index in [-0.39, 0.29) is 6.61 Å². The highest BCUT2D eigenvalue weighted by atomic mass is 16.5. The Morgan fingerprint density at radius 2 is 2.33 bits per heavy atom. The molecule has 18 heavy (non-hydrogen) atoms. The second-order valence-corrected chi connectivity index (χ2v) is 4.41. The third-order valence-corrected chi connectivity index (χ3v) is 3.11. The molecule has 3 nitrogen and oxygen atoms in total. The highest BCUT2D eigenvalue weighted by molar-refractivity contribution is 5.76. The smallest absolute Gasteiger partial charge is 0.339 e. The van der Waals surface area contributed by atoms with Crippen molar-refractivity contribution in [2.24, 2.45) is 0 Å². The number of benzene rings is 1. The molecule has 0 radical (unpaired) electrons. The lowest BCUT2D eigenvalue weighted by Gasteiger charge is -2.12. The Hall–Kier alpha value is -1.61. The number of aliphatic hydroxyl groups is 1. The molecule has 3 heteroatoms. The fourth-order valence-electron chi connectivity index (χ4n) is 2.14. The summed E-state index contributed by atoms with van der Waals surface area (Å²) in [6.07, 6.45) is 6.26. The number of ether oxygens (including phenoxy) is 1. The first-order valence-electron chi connectivity index (χ1n) is 6.36. The van der Waals surface area contributed by atoms with Gasteiger partial charge < -0.3 is 9.84 Å². The van der Waals surface area contributed by atoms with Crippen molar-refractivity contribution in [3.63, 3.8) is 0 Å². The lowest BCUT2D eigenvalue weighted by atomic mass is 9.99. The second kappa shape index (κ2) is 5.83. The van der Waals surface area contributed by atoms with Crippen LogP contribution in [0.5, 0.6) is 0 Å². The molecular formula is C15H18O3. The third kappa shape index (κ3) is 2.79. The van der Waals surface area contributed by atoms with Crippen LogP contribution >= 0.6 is 0 Å². The van der Waals surface area contributed by atoms with Gasteiger partial charge in [0.25, 0.3) is 0 Å². The van der Waals surface area contributed by atoms with Gasteiger partial charge in [-0.15, -0.1) is 0 Å². The van der Waals surface area contributed by atoms with Crippen LogP contribution in [0, 0.1) is 0 Å². The first kappa shape index (κ1) is 12.8. The largest absolute Gasteiger partial charge is 0.464 e. The normalized spacial score (nSPS) is 15.7. The van der Waals surface area contributed by atoms with Gasteiger partial charge in [-0.3, -0.25) is 0 Å². The fourth-order valence-corrected chi connectivity index (χ4v) is 2.14. The van der Waals surface area contributed by atoms with E-state index in [2.05, 4.69) is 12.2 Å². The SMILES string of the molecule is CCOC(=O)C(O)c1ccc2c(c1)C=CCCC2. The van der Waals surface area contributed by atoms with Gasteiger partial charge in [0.05, 0.1) is 6.61 Å².